The molecule has 0 bridgehead atoms. The van der Waals surface area contributed by atoms with Crippen molar-refractivity contribution in [1.29, 1.82) is 0 Å². The van der Waals surface area contributed by atoms with Gasteiger partial charge in [0.2, 0.25) is 5.91 Å². The highest BCUT2D eigenvalue weighted by atomic mass is 16.3. The van der Waals surface area contributed by atoms with Crippen LogP contribution in [0.25, 0.3) is 0 Å². The van der Waals surface area contributed by atoms with Crippen molar-refractivity contribution < 1.29 is 15.0 Å². The van der Waals surface area contributed by atoms with Crippen molar-refractivity contribution in [1.82, 2.24) is 5.32 Å². The van der Waals surface area contributed by atoms with E-state index in [0.29, 0.717) is 6.42 Å². The fourth-order valence-corrected chi connectivity index (χ4v) is 8.34. The van der Waals surface area contributed by atoms with Crippen molar-refractivity contribution in [3.63, 3.8) is 0 Å². The minimum Gasteiger partial charge on any atom is -0.394 e. The van der Waals surface area contributed by atoms with E-state index in [1.807, 2.05) is 6.08 Å². The summed E-state index contributed by atoms with van der Waals surface area (Å²) in [6.07, 6.45) is 72.7. The Morgan fingerprint density at radius 3 is 1.07 bits per heavy atom. The minimum absolute atomic E-state index is 0.0801. The van der Waals surface area contributed by atoms with E-state index in [1.165, 1.54) is 225 Å². The molecule has 4 nitrogen and oxygen atoms in total. The van der Waals surface area contributed by atoms with E-state index >= 15 is 0 Å². The first kappa shape index (κ1) is 59.4. The minimum atomic E-state index is -0.867. The molecule has 0 aliphatic rings. The molecule has 3 N–H and O–H groups in total. The lowest BCUT2D eigenvalue weighted by Gasteiger charge is -2.19. The monoisotopic (exact) mass is 854 g/mol. The van der Waals surface area contributed by atoms with Crippen molar-refractivity contribution in [2.24, 2.45) is 0 Å². The summed E-state index contributed by atoms with van der Waals surface area (Å²) in [5.74, 6) is -0.0801. The second-order valence-corrected chi connectivity index (χ2v) is 18.6. The summed E-state index contributed by atoms with van der Waals surface area (Å²) in [5.41, 5.74) is 0. The highest BCUT2D eigenvalue weighted by Gasteiger charge is 2.18. The average molecular weight is 854 g/mol. The van der Waals surface area contributed by atoms with Gasteiger partial charge in [-0.05, 0) is 64.2 Å². The highest BCUT2D eigenvalue weighted by Crippen LogP contribution is 2.17. The van der Waals surface area contributed by atoms with Crippen LogP contribution in [0.4, 0.5) is 0 Å². The predicted octanol–water partition coefficient (Wildman–Crippen LogP) is 17.9. The van der Waals surface area contributed by atoms with Crippen LogP contribution in [0.1, 0.15) is 290 Å². The van der Waals surface area contributed by atoms with Crippen molar-refractivity contribution in [2.75, 3.05) is 6.61 Å². The summed E-state index contributed by atoms with van der Waals surface area (Å²) in [4.78, 5) is 12.4. The van der Waals surface area contributed by atoms with Crippen LogP contribution in [0.2, 0.25) is 0 Å². The molecule has 1 amide bonds. The number of hydrogen-bond acceptors (Lipinski definition) is 3. The topological polar surface area (TPSA) is 69.6 Å². The molecule has 61 heavy (non-hydrogen) atoms. The first-order chi connectivity index (χ1) is 30.2. The zero-order valence-electron chi connectivity index (χ0n) is 41.2. The molecule has 0 fully saturated rings. The molecule has 0 rings (SSSR count). The van der Waals surface area contributed by atoms with Gasteiger partial charge in [0.05, 0.1) is 18.8 Å². The maximum absolute atomic E-state index is 12.4. The van der Waals surface area contributed by atoms with Crippen molar-refractivity contribution in [3.8, 4) is 0 Å². The van der Waals surface area contributed by atoms with Crippen LogP contribution in [-0.4, -0.2) is 34.9 Å². The summed E-state index contributed by atoms with van der Waals surface area (Å²) in [6.45, 7) is 4.30. The molecule has 0 spiro atoms. The molecule has 0 aliphatic heterocycles. The molecule has 4 heteroatoms. The van der Waals surface area contributed by atoms with Gasteiger partial charge in [-0.3, -0.25) is 4.79 Å². The van der Waals surface area contributed by atoms with Gasteiger partial charge in [-0.1, -0.05) is 268 Å². The van der Waals surface area contributed by atoms with E-state index in [-0.39, 0.29) is 12.5 Å². The lowest BCUT2D eigenvalue weighted by Crippen LogP contribution is -2.45. The Kier molecular flexibility index (Phi) is 51.3. The predicted molar refractivity (Wildman–Crippen MR) is 271 cm³/mol. The van der Waals surface area contributed by atoms with Crippen LogP contribution in [-0.2, 0) is 4.79 Å². The lowest BCUT2D eigenvalue weighted by atomic mass is 10.0. The standard InChI is InChI=1S/C57H107NO3/c1-3-5-7-9-11-13-15-17-19-21-23-24-25-26-27-28-29-30-31-32-33-34-35-36-38-40-42-44-46-48-50-52-56(60)55(54-59)58-57(61)53-51-49-47-45-43-41-39-37-22-20-18-16-14-12-10-8-6-4-2/h14,16,20,22,42,44,50,52,55-56,59-60H,3-13,15,17-19,21,23-41,43,45-49,51,53-54H2,1-2H3,(H,58,61)/b16-14-,22-20-,44-42+,52-50+. The average Bonchev–Trinajstić information content (AvgIpc) is 3.26. The normalized spacial score (nSPS) is 13.2. The summed E-state index contributed by atoms with van der Waals surface area (Å²) in [7, 11) is 0. The molecule has 2 atom stereocenters. The van der Waals surface area contributed by atoms with E-state index < -0.39 is 12.1 Å². The molecule has 0 saturated carbocycles. The van der Waals surface area contributed by atoms with Crippen LogP contribution >= 0.6 is 0 Å². The Morgan fingerprint density at radius 1 is 0.393 bits per heavy atom. The molecule has 0 saturated heterocycles. The summed E-state index contributed by atoms with van der Waals surface area (Å²) >= 11 is 0. The SMILES string of the molecule is CCCCCC/C=C\C/C=C\CCCCCCCCCC(=O)NC(CO)C(O)/C=C/CC/C=C/CCCCCCCCCCCCCCCCCCCCCCCCCCC. The molecule has 0 aromatic rings. The lowest BCUT2D eigenvalue weighted by molar-refractivity contribution is -0.123. The first-order valence-corrected chi connectivity index (χ1v) is 27.4. The molecule has 0 aromatic heterocycles. The number of allylic oxidation sites excluding steroid dienone is 7. The molecule has 2 unspecified atom stereocenters. The molecule has 0 aromatic carbocycles. The van der Waals surface area contributed by atoms with Gasteiger partial charge in [0, 0.05) is 6.42 Å². The maximum atomic E-state index is 12.4. The number of hydrogen-bond donors (Lipinski definition) is 3. The van der Waals surface area contributed by atoms with E-state index in [9.17, 15) is 15.0 Å². The van der Waals surface area contributed by atoms with Gasteiger partial charge >= 0.3 is 0 Å². The Hall–Kier alpha value is -1.65. The van der Waals surface area contributed by atoms with E-state index in [4.69, 9.17) is 0 Å². The van der Waals surface area contributed by atoms with E-state index in [1.54, 1.807) is 6.08 Å². The van der Waals surface area contributed by atoms with Gasteiger partial charge in [0.1, 0.15) is 0 Å². The van der Waals surface area contributed by atoms with Gasteiger partial charge in [-0.25, -0.2) is 0 Å². The summed E-state index contributed by atoms with van der Waals surface area (Å²) in [6, 6.07) is -0.645. The van der Waals surface area contributed by atoms with Gasteiger partial charge in [0.25, 0.3) is 0 Å². The second kappa shape index (κ2) is 52.7. The second-order valence-electron chi connectivity index (χ2n) is 18.6. The fraction of sp³-hybridized carbons (Fsp3) is 0.842. The van der Waals surface area contributed by atoms with Crippen LogP contribution in [0, 0.1) is 0 Å². The summed E-state index contributed by atoms with van der Waals surface area (Å²) < 4.78 is 0. The Bertz CT molecular complexity index is 970. The number of amides is 1. The highest BCUT2D eigenvalue weighted by molar-refractivity contribution is 5.76. The molecule has 358 valence electrons. The Labute approximate surface area is 382 Å². The van der Waals surface area contributed by atoms with Crippen LogP contribution in [0.15, 0.2) is 48.6 Å². The molecular formula is C57H107NO3. The third-order valence-electron chi connectivity index (χ3n) is 12.5. The fourth-order valence-electron chi connectivity index (χ4n) is 8.34. The molecule has 0 heterocycles. The Morgan fingerprint density at radius 2 is 0.689 bits per heavy atom. The molecule has 0 radical (unpaired) electrons. The number of aliphatic hydroxyl groups excluding tert-OH is 2. The van der Waals surface area contributed by atoms with Gasteiger partial charge < -0.3 is 15.5 Å². The maximum Gasteiger partial charge on any atom is 0.220 e. The van der Waals surface area contributed by atoms with Gasteiger partial charge in [-0.15, -0.1) is 0 Å². The van der Waals surface area contributed by atoms with E-state index in [0.717, 1.165) is 44.9 Å². The zero-order valence-corrected chi connectivity index (χ0v) is 41.2. The summed E-state index contributed by atoms with van der Waals surface area (Å²) in [5, 5.41) is 23.1. The number of carbonyl (C=O) groups is 1. The van der Waals surface area contributed by atoms with Crippen molar-refractivity contribution in [2.45, 2.75) is 302 Å². The molecule has 0 aliphatic carbocycles. The van der Waals surface area contributed by atoms with E-state index in [2.05, 4.69) is 55.6 Å². The van der Waals surface area contributed by atoms with Gasteiger partial charge in [-0.2, -0.15) is 0 Å². The number of carbonyl (C=O) groups excluding carboxylic acids is 1. The Balaban J connectivity index is 3.52. The van der Waals surface area contributed by atoms with Crippen LogP contribution in [0.5, 0.6) is 0 Å². The first-order valence-electron chi connectivity index (χ1n) is 27.4. The number of nitrogens with one attached hydrogen (secondary N) is 1. The quantitative estimate of drug-likeness (QED) is 0.0422. The number of rotatable bonds is 50. The third-order valence-corrected chi connectivity index (χ3v) is 12.5. The zero-order chi connectivity index (χ0) is 44.2. The van der Waals surface area contributed by atoms with Crippen molar-refractivity contribution in [3.05, 3.63) is 48.6 Å². The van der Waals surface area contributed by atoms with Crippen LogP contribution < -0.4 is 5.32 Å². The van der Waals surface area contributed by atoms with Crippen LogP contribution in [0.3, 0.4) is 0 Å². The largest absolute Gasteiger partial charge is 0.394 e. The number of aliphatic hydroxyl groups is 2. The van der Waals surface area contributed by atoms with Crippen molar-refractivity contribution >= 4 is 5.91 Å². The number of unbranched alkanes of at least 4 members (excludes halogenated alkanes) is 37. The third kappa shape index (κ3) is 49.2. The van der Waals surface area contributed by atoms with Gasteiger partial charge in [0.15, 0.2) is 0 Å². The smallest absolute Gasteiger partial charge is 0.220 e. The molecular weight excluding hydrogens is 747 g/mol.